The number of benzene rings is 1. The number of aryl methyl sites for hydroxylation is 1. The molecule has 1 amide bonds. The molecule has 0 saturated heterocycles. The molecule has 1 N–H and O–H groups in total. The number of alkyl halides is 3. The van der Waals surface area contributed by atoms with Gasteiger partial charge in [0.1, 0.15) is 22.0 Å². The van der Waals surface area contributed by atoms with Gasteiger partial charge in [0.2, 0.25) is 5.91 Å². The number of anilines is 1. The van der Waals surface area contributed by atoms with Crippen LogP contribution in [0.3, 0.4) is 0 Å². The van der Waals surface area contributed by atoms with Crippen LogP contribution in [-0.2, 0) is 31.5 Å². The summed E-state index contributed by atoms with van der Waals surface area (Å²) >= 11 is 2.19. The number of rotatable bonds is 4. The van der Waals surface area contributed by atoms with Crippen LogP contribution in [0.2, 0.25) is 0 Å². The Kier molecular flexibility index (Phi) is 5.41. The molecule has 0 aliphatic carbocycles. The Hall–Kier alpha value is -3.06. The van der Waals surface area contributed by atoms with E-state index in [4.69, 9.17) is 0 Å². The molecule has 0 bridgehead atoms. The van der Waals surface area contributed by atoms with Gasteiger partial charge in [0, 0.05) is 25.0 Å². The third kappa shape index (κ3) is 3.71. The van der Waals surface area contributed by atoms with Crippen molar-refractivity contribution in [2.24, 2.45) is 14.1 Å². The van der Waals surface area contributed by atoms with E-state index in [1.54, 1.807) is 24.2 Å². The molecule has 32 heavy (non-hydrogen) atoms. The van der Waals surface area contributed by atoms with Crippen molar-refractivity contribution in [2.45, 2.75) is 12.6 Å². The summed E-state index contributed by atoms with van der Waals surface area (Å²) in [4.78, 5) is 29.5. The SMILES string of the molecule is Cn1c(=O)c2c(CC(=O)Nc3nc(-c4ccc(F)c(C(F)(F)F)c4F)cs3)csc2n1C. The number of thiazole rings is 1. The molecule has 168 valence electrons. The third-order valence-electron chi connectivity index (χ3n) is 4.85. The number of carbonyl (C=O) groups is 1. The molecule has 0 aliphatic heterocycles. The lowest BCUT2D eigenvalue weighted by Gasteiger charge is -2.11. The van der Waals surface area contributed by atoms with E-state index in [1.165, 1.54) is 21.4 Å². The van der Waals surface area contributed by atoms with Crippen LogP contribution in [0, 0.1) is 11.6 Å². The van der Waals surface area contributed by atoms with Crippen molar-refractivity contribution in [3.8, 4) is 11.3 Å². The molecule has 0 unspecified atom stereocenters. The normalized spacial score (nSPS) is 12.0. The third-order valence-corrected chi connectivity index (χ3v) is 6.70. The lowest BCUT2D eigenvalue weighted by molar-refractivity contribution is -0.142. The van der Waals surface area contributed by atoms with Gasteiger partial charge >= 0.3 is 6.18 Å². The van der Waals surface area contributed by atoms with Crippen LogP contribution >= 0.6 is 22.7 Å². The maximum Gasteiger partial charge on any atom is 0.422 e. The van der Waals surface area contributed by atoms with Gasteiger partial charge in [-0.2, -0.15) is 13.2 Å². The average molecular weight is 488 g/mol. The quantitative estimate of drug-likeness (QED) is 0.429. The van der Waals surface area contributed by atoms with Gasteiger partial charge in [0.05, 0.1) is 17.5 Å². The second kappa shape index (κ2) is 7.81. The standard InChI is InChI=1S/C19H13F5N4O2S2/c1-27-16(30)13-8(6-31-17(13)28(27)2)5-12(29)26-18-25-11(7-32-18)9-3-4-10(20)14(15(9)21)19(22,23)24/h3-4,6-7H,5H2,1-2H3,(H,25,26,29). The number of hydrogen-bond acceptors (Lipinski definition) is 5. The summed E-state index contributed by atoms with van der Waals surface area (Å²) in [6.45, 7) is 0. The molecule has 6 nitrogen and oxygen atoms in total. The highest BCUT2D eigenvalue weighted by atomic mass is 32.1. The summed E-state index contributed by atoms with van der Waals surface area (Å²) < 4.78 is 69.8. The highest BCUT2D eigenvalue weighted by Crippen LogP contribution is 2.38. The Morgan fingerprint density at radius 3 is 2.53 bits per heavy atom. The van der Waals surface area contributed by atoms with Crippen molar-refractivity contribution < 1.29 is 26.7 Å². The molecule has 0 saturated carbocycles. The zero-order valence-corrected chi connectivity index (χ0v) is 18.0. The number of hydrogen-bond donors (Lipinski definition) is 1. The molecule has 3 heterocycles. The fraction of sp³-hybridized carbons (Fsp3) is 0.211. The number of amides is 1. The molecule has 0 atom stereocenters. The molecule has 4 aromatic rings. The van der Waals surface area contributed by atoms with Crippen LogP contribution in [0.25, 0.3) is 21.5 Å². The summed E-state index contributed by atoms with van der Waals surface area (Å²) in [6.07, 6.45) is -5.34. The molecular formula is C19H13F5N4O2S2. The van der Waals surface area contributed by atoms with E-state index in [0.29, 0.717) is 21.8 Å². The Labute approximate surface area is 184 Å². The summed E-state index contributed by atoms with van der Waals surface area (Å²) in [7, 11) is 3.33. The van der Waals surface area contributed by atoms with Crippen LogP contribution in [0.1, 0.15) is 11.1 Å². The van der Waals surface area contributed by atoms with Gasteiger partial charge in [-0.1, -0.05) is 0 Å². The highest BCUT2D eigenvalue weighted by Gasteiger charge is 2.39. The molecule has 3 aromatic heterocycles. The van der Waals surface area contributed by atoms with Gasteiger partial charge in [0.15, 0.2) is 5.13 Å². The molecule has 1 aromatic carbocycles. The molecular weight excluding hydrogens is 475 g/mol. The van der Waals surface area contributed by atoms with E-state index in [9.17, 15) is 31.5 Å². The largest absolute Gasteiger partial charge is 0.422 e. The molecule has 13 heteroatoms. The second-order valence-electron chi connectivity index (χ2n) is 6.84. The fourth-order valence-electron chi connectivity index (χ4n) is 3.21. The van der Waals surface area contributed by atoms with Crippen molar-refractivity contribution in [3.63, 3.8) is 0 Å². The monoisotopic (exact) mass is 488 g/mol. The smallest absolute Gasteiger partial charge is 0.302 e. The molecule has 0 spiro atoms. The van der Waals surface area contributed by atoms with Crippen molar-refractivity contribution in [1.29, 1.82) is 0 Å². The number of aromatic nitrogens is 3. The summed E-state index contributed by atoms with van der Waals surface area (Å²) in [5.74, 6) is -4.01. The van der Waals surface area contributed by atoms with Crippen LogP contribution < -0.4 is 10.9 Å². The minimum atomic E-state index is -5.21. The number of halogens is 5. The maximum atomic E-state index is 14.3. The Balaban J connectivity index is 1.57. The van der Waals surface area contributed by atoms with Crippen molar-refractivity contribution in [2.75, 3.05) is 5.32 Å². The first-order valence-corrected chi connectivity index (χ1v) is 10.7. The lowest BCUT2D eigenvalue weighted by atomic mass is 10.1. The first-order valence-electron chi connectivity index (χ1n) is 8.92. The average Bonchev–Trinajstić information content (AvgIpc) is 3.37. The van der Waals surface area contributed by atoms with Gasteiger partial charge < -0.3 is 5.32 Å². The van der Waals surface area contributed by atoms with Crippen molar-refractivity contribution in [3.05, 3.63) is 56.0 Å². The van der Waals surface area contributed by atoms with Crippen molar-refractivity contribution >= 4 is 43.9 Å². The number of carbonyl (C=O) groups excluding carboxylic acids is 1. The minimum Gasteiger partial charge on any atom is -0.302 e. The van der Waals surface area contributed by atoms with Crippen LogP contribution in [-0.4, -0.2) is 20.3 Å². The molecule has 0 radical (unpaired) electrons. The number of fused-ring (bicyclic) bond motifs is 1. The van der Waals surface area contributed by atoms with Crippen LogP contribution in [0.4, 0.5) is 27.1 Å². The molecule has 0 aliphatic rings. The van der Waals surface area contributed by atoms with Gasteiger partial charge in [-0.05, 0) is 23.1 Å². The van der Waals surface area contributed by atoms with E-state index in [-0.39, 0.29) is 22.8 Å². The van der Waals surface area contributed by atoms with Crippen molar-refractivity contribution in [1.82, 2.24) is 14.3 Å². The van der Waals surface area contributed by atoms with E-state index in [2.05, 4.69) is 10.3 Å². The fourth-order valence-corrected chi connectivity index (χ4v) is 5.01. The summed E-state index contributed by atoms with van der Waals surface area (Å²) in [5, 5.41) is 5.90. The van der Waals surface area contributed by atoms with Gasteiger partial charge in [-0.25, -0.2) is 13.8 Å². The summed E-state index contributed by atoms with van der Waals surface area (Å²) in [5.41, 5.74) is -2.43. The maximum absolute atomic E-state index is 14.3. The van der Waals surface area contributed by atoms with E-state index >= 15 is 0 Å². The lowest BCUT2D eigenvalue weighted by Crippen LogP contribution is -2.18. The Bertz CT molecular complexity index is 1410. The molecule has 4 rings (SSSR count). The molecule has 0 fully saturated rings. The zero-order chi connectivity index (χ0) is 23.4. The number of nitrogens with one attached hydrogen (secondary N) is 1. The first kappa shape index (κ1) is 22.1. The highest BCUT2D eigenvalue weighted by molar-refractivity contribution is 7.17. The predicted octanol–water partition coefficient (Wildman–Crippen LogP) is 4.54. The second-order valence-corrected chi connectivity index (χ2v) is 8.55. The minimum absolute atomic E-state index is 0.0229. The van der Waals surface area contributed by atoms with E-state index in [1.807, 2.05) is 0 Å². The van der Waals surface area contributed by atoms with E-state index < -0.39 is 34.8 Å². The van der Waals surface area contributed by atoms with Crippen LogP contribution in [0.5, 0.6) is 0 Å². The Morgan fingerprint density at radius 2 is 1.84 bits per heavy atom. The topological polar surface area (TPSA) is 68.9 Å². The van der Waals surface area contributed by atoms with Gasteiger partial charge in [-0.15, -0.1) is 22.7 Å². The van der Waals surface area contributed by atoms with E-state index in [0.717, 1.165) is 17.4 Å². The Morgan fingerprint density at radius 1 is 1.12 bits per heavy atom. The van der Waals surface area contributed by atoms with Crippen LogP contribution in [0.15, 0.2) is 27.7 Å². The number of thiophene rings is 1. The zero-order valence-electron chi connectivity index (χ0n) is 16.4. The first-order chi connectivity index (χ1) is 15.0. The summed E-state index contributed by atoms with van der Waals surface area (Å²) in [6, 6.07) is 1.37. The van der Waals surface area contributed by atoms with Gasteiger partial charge in [0.25, 0.3) is 5.56 Å². The number of nitrogens with zero attached hydrogens (tertiary/aromatic N) is 3. The van der Waals surface area contributed by atoms with Gasteiger partial charge in [-0.3, -0.25) is 19.0 Å². The predicted molar refractivity (Wildman–Crippen MR) is 111 cm³/mol.